The van der Waals surface area contributed by atoms with Gasteiger partial charge in [0.05, 0.1) is 29.4 Å². The Morgan fingerprint density at radius 1 is 0.979 bits per heavy atom. The Bertz CT molecular complexity index is 1700. The first-order chi connectivity index (χ1) is 22.7. The van der Waals surface area contributed by atoms with E-state index in [1.54, 1.807) is 19.2 Å². The average molecular weight is 663 g/mol. The van der Waals surface area contributed by atoms with Crippen LogP contribution in [0.3, 0.4) is 0 Å². The molecule has 47 heavy (non-hydrogen) atoms. The largest absolute Gasteiger partial charge is 0.496 e. The monoisotopic (exact) mass is 662 g/mol. The number of thioether (sulfide) groups is 1. The Balaban J connectivity index is 1.46. The lowest BCUT2D eigenvalue weighted by molar-refractivity contribution is -0.137. The van der Waals surface area contributed by atoms with Crippen LogP contribution in [-0.4, -0.2) is 66.3 Å². The van der Waals surface area contributed by atoms with E-state index in [0.29, 0.717) is 58.2 Å². The number of carbonyl (C=O) groups is 1. The molecule has 10 heteroatoms. The van der Waals surface area contributed by atoms with Crippen LogP contribution in [0.4, 0.5) is 13.2 Å². The van der Waals surface area contributed by atoms with Crippen LogP contribution in [0.15, 0.2) is 71.6 Å². The molecule has 0 radical (unpaired) electrons. The fourth-order valence-electron chi connectivity index (χ4n) is 6.94. The quantitative estimate of drug-likeness (QED) is 0.183. The zero-order chi connectivity index (χ0) is 33.0. The van der Waals surface area contributed by atoms with Gasteiger partial charge in [0.1, 0.15) is 5.75 Å². The normalized spacial score (nSPS) is 16.8. The summed E-state index contributed by atoms with van der Waals surface area (Å²) >= 11 is 1.50. The maximum absolute atomic E-state index is 14.3. The van der Waals surface area contributed by atoms with Crippen LogP contribution in [0.1, 0.15) is 59.2 Å². The molecule has 1 N–H and O–H groups in total. The number of aromatic nitrogens is 1. The van der Waals surface area contributed by atoms with E-state index in [4.69, 9.17) is 9.72 Å². The molecule has 1 amide bonds. The van der Waals surface area contributed by atoms with Crippen molar-refractivity contribution >= 4 is 28.6 Å². The number of halogens is 3. The van der Waals surface area contributed by atoms with E-state index >= 15 is 0 Å². The second-order valence-corrected chi connectivity index (χ2v) is 13.2. The zero-order valence-corrected chi connectivity index (χ0v) is 27.7. The number of nitrogens with zero attached hydrogens (tertiary/aromatic N) is 3. The third-order valence-electron chi connectivity index (χ3n) is 9.42. The third-order valence-corrected chi connectivity index (χ3v) is 10.2. The summed E-state index contributed by atoms with van der Waals surface area (Å²) in [6, 6.07) is 19.2. The van der Waals surface area contributed by atoms with Gasteiger partial charge in [-0.15, -0.1) is 11.8 Å². The number of pyridine rings is 1. The molecular formula is C37H41F3N4O2S. The molecule has 1 aromatic heterocycles. The Labute approximate surface area is 278 Å². The van der Waals surface area contributed by atoms with Crippen LogP contribution in [0.2, 0.25) is 0 Å². The highest BCUT2D eigenvalue weighted by molar-refractivity contribution is 7.98. The molecule has 2 saturated heterocycles. The van der Waals surface area contributed by atoms with Gasteiger partial charge in [0.15, 0.2) is 0 Å². The lowest BCUT2D eigenvalue weighted by Gasteiger charge is -2.40. The lowest BCUT2D eigenvalue weighted by atomic mass is 9.93. The van der Waals surface area contributed by atoms with Gasteiger partial charge in [0.2, 0.25) is 0 Å². The minimum atomic E-state index is -4.52. The number of nitrogens with one attached hydrogen (secondary N) is 1. The number of hydrogen-bond acceptors (Lipinski definition) is 6. The van der Waals surface area contributed by atoms with Gasteiger partial charge in [-0.05, 0) is 81.9 Å². The molecule has 6 rings (SSSR count). The number of rotatable bonds is 9. The van der Waals surface area contributed by atoms with Crippen molar-refractivity contribution in [3.8, 4) is 17.0 Å². The van der Waals surface area contributed by atoms with E-state index < -0.39 is 11.7 Å². The molecule has 0 atom stereocenters. The number of piperidine rings is 2. The topological polar surface area (TPSA) is 57.7 Å². The van der Waals surface area contributed by atoms with Crippen LogP contribution < -0.4 is 10.1 Å². The first-order valence-electron chi connectivity index (χ1n) is 16.3. The van der Waals surface area contributed by atoms with E-state index in [9.17, 15) is 18.0 Å². The summed E-state index contributed by atoms with van der Waals surface area (Å²) in [5, 5.41) is 3.75. The summed E-state index contributed by atoms with van der Waals surface area (Å²) in [4.78, 5) is 25.1. The molecule has 4 aromatic rings. The Morgan fingerprint density at radius 3 is 2.40 bits per heavy atom. The van der Waals surface area contributed by atoms with Crippen LogP contribution in [0.25, 0.3) is 22.2 Å². The van der Waals surface area contributed by atoms with Gasteiger partial charge in [0, 0.05) is 46.6 Å². The predicted octanol–water partition coefficient (Wildman–Crippen LogP) is 8.03. The highest BCUT2D eigenvalue weighted by Gasteiger charge is 2.32. The number of hydrogen-bond donors (Lipinski definition) is 1. The van der Waals surface area contributed by atoms with E-state index in [0.717, 1.165) is 61.6 Å². The van der Waals surface area contributed by atoms with Crippen LogP contribution >= 0.6 is 11.8 Å². The third kappa shape index (κ3) is 7.60. The van der Waals surface area contributed by atoms with Crippen molar-refractivity contribution in [2.75, 3.05) is 39.5 Å². The minimum absolute atomic E-state index is 0.287. The SMILES string of the molecule is COc1cc2nc(-c3cccc(C(F)(F)F)c3)c(CN3CCC(N4CCCCC4)CC3)c(C(=O)NCc3ccccc3)c2cc1SC. The summed E-state index contributed by atoms with van der Waals surface area (Å²) in [5.74, 6) is 0.306. The molecule has 0 unspecified atom stereocenters. The summed E-state index contributed by atoms with van der Waals surface area (Å²) in [5.41, 5.74) is 2.46. The highest BCUT2D eigenvalue weighted by Crippen LogP contribution is 2.39. The number of likely N-dealkylation sites (tertiary alicyclic amines) is 2. The highest BCUT2D eigenvalue weighted by atomic mass is 32.2. The molecule has 2 fully saturated rings. The van der Waals surface area contributed by atoms with Gasteiger partial charge in [-0.25, -0.2) is 4.98 Å². The molecule has 0 aliphatic carbocycles. The number of alkyl halides is 3. The van der Waals surface area contributed by atoms with Crippen LogP contribution in [-0.2, 0) is 19.3 Å². The van der Waals surface area contributed by atoms with E-state index in [2.05, 4.69) is 15.1 Å². The Hall–Kier alpha value is -3.60. The Kier molecular flexibility index (Phi) is 10.4. The lowest BCUT2D eigenvalue weighted by Crippen LogP contribution is -2.46. The van der Waals surface area contributed by atoms with Crippen molar-refractivity contribution in [3.05, 3.63) is 89.0 Å². The fourth-order valence-corrected chi connectivity index (χ4v) is 7.52. The standard InChI is InChI=1S/C37H41F3N4O2S/c1-46-32-22-31-29(21-33(32)47-2)34(36(45)41-23-25-10-5-3-6-11-25)30(35(42-31)26-12-9-13-27(20-26)37(38,39)40)24-43-18-14-28(15-19-43)44-16-7-4-8-17-44/h3,5-6,9-13,20-22,28H,4,7-8,14-19,23-24H2,1-2H3,(H,41,45). The number of ether oxygens (including phenoxy) is 1. The van der Waals surface area contributed by atoms with Gasteiger partial charge in [-0.2, -0.15) is 13.2 Å². The van der Waals surface area contributed by atoms with E-state index in [-0.39, 0.29) is 5.91 Å². The molecule has 0 spiro atoms. The summed E-state index contributed by atoms with van der Waals surface area (Å²) in [7, 11) is 1.57. The second-order valence-electron chi connectivity index (χ2n) is 12.4. The summed E-state index contributed by atoms with van der Waals surface area (Å²) in [6.45, 7) is 4.68. The van der Waals surface area contributed by atoms with Crippen molar-refractivity contribution in [2.24, 2.45) is 0 Å². The molecule has 248 valence electrons. The predicted molar refractivity (Wildman–Crippen MR) is 182 cm³/mol. The number of methoxy groups -OCH3 is 1. The first-order valence-corrected chi connectivity index (χ1v) is 17.5. The fraction of sp³-hybridized carbons (Fsp3) is 0.405. The number of fused-ring (bicyclic) bond motifs is 1. The zero-order valence-electron chi connectivity index (χ0n) is 26.9. The Morgan fingerprint density at radius 2 is 1.72 bits per heavy atom. The van der Waals surface area contributed by atoms with Gasteiger partial charge < -0.3 is 15.0 Å². The molecular weight excluding hydrogens is 621 g/mol. The average Bonchev–Trinajstić information content (AvgIpc) is 3.10. The van der Waals surface area contributed by atoms with E-state index in [1.807, 2.05) is 42.7 Å². The van der Waals surface area contributed by atoms with Crippen LogP contribution in [0.5, 0.6) is 5.75 Å². The number of benzene rings is 3. The van der Waals surface area contributed by atoms with Gasteiger partial charge >= 0.3 is 6.18 Å². The molecule has 0 bridgehead atoms. The van der Waals surface area contributed by atoms with Crippen molar-refractivity contribution in [2.45, 2.75) is 62.3 Å². The molecule has 6 nitrogen and oxygen atoms in total. The van der Waals surface area contributed by atoms with Crippen LogP contribution in [0, 0.1) is 0 Å². The molecule has 3 heterocycles. The number of amides is 1. The first kappa shape index (κ1) is 33.3. The van der Waals surface area contributed by atoms with Crippen molar-refractivity contribution in [3.63, 3.8) is 0 Å². The van der Waals surface area contributed by atoms with Gasteiger partial charge in [0.25, 0.3) is 5.91 Å². The number of carbonyl (C=O) groups excluding carboxylic acids is 1. The second kappa shape index (κ2) is 14.7. The molecule has 0 saturated carbocycles. The minimum Gasteiger partial charge on any atom is -0.496 e. The van der Waals surface area contributed by atoms with Gasteiger partial charge in [-0.3, -0.25) is 9.69 Å². The van der Waals surface area contributed by atoms with Gasteiger partial charge in [-0.1, -0.05) is 48.9 Å². The van der Waals surface area contributed by atoms with Crippen molar-refractivity contribution in [1.82, 2.24) is 20.1 Å². The maximum Gasteiger partial charge on any atom is 0.416 e. The van der Waals surface area contributed by atoms with Crippen molar-refractivity contribution in [1.29, 1.82) is 0 Å². The maximum atomic E-state index is 14.3. The van der Waals surface area contributed by atoms with E-state index in [1.165, 1.54) is 37.1 Å². The molecule has 2 aliphatic heterocycles. The summed E-state index contributed by atoms with van der Waals surface area (Å²) < 4.78 is 47.5. The smallest absolute Gasteiger partial charge is 0.416 e. The molecule has 2 aliphatic rings. The summed E-state index contributed by atoms with van der Waals surface area (Å²) in [6.07, 6.45) is 3.24. The molecule has 3 aromatic carbocycles. The van der Waals surface area contributed by atoms with Crippen molar-refractivity contribution < 1.29 is 22.7 Å².